The number of nitrogens with zero attached hydrogens (tertiary/aromatic N) is 1. The van der Waals surface area contributed by atoms with Crippen LogP contribution in [0.1, 0.15) is 77.6 Å². The Balaban J connectivity index is 1.85. The van der Waals surface area contributed by atoms with Crippen LogP contribution in [0.15, 0.2) is 24.5 Å². The summed E-state index contributed by atoms with van der Waals surface area (Å²) < 4.78 is 14.9. The lowest BCUT2D eigenvalue weighted by Crippen LogP contribution is -2.33. The first-order valence-corrected chi connectivity index (χ1v) is 8.47. The second-order valence-electron chi connectivity index (χ2n) is 5.80. The number of rotatable bonds is 12. The van der Waals surface area contributed by atoms with Gasteiger partial charge in [-0.3, -0.25) is 0 Å². The van der Waals surface area contributed by atoms with E-state index < -0.39 is 0 Å². The van der Waals surface area contributed by atoms with E-state index in [4.69, 9.17) is 0 Å². The van der Waals surface area contributed by atoms with Gasteiger partial charge < -0.3 is 0 Å². The van der Waals surface area contributed by atoms with Crippen molar-refractivity contribution in [1.82, 2.24) is 0 Å². The third kappa shape index (κ3) is 9.06. The summed E-state index contributed by atoms with van der Waals surface area (Å²) in [5.41, 5.74) is 0. The Kier molecular flexibility index (Phi) is 10.2. The zero-order valence-electron chi connectivity index (χ0n) is 13.1. The van der Waals surface area contributed by atoms with Crippen LogP contribution in [0, 0.1) is 5.82 Å². The Bertz CT molecular complexity index is 338. The first-order valence-electron chi connectivity index (χ1n) is 8.47. The third-order valence-corrected chi connectivity index (χ3v) is 3.84. The van der Waals surface area contributed by atoms with Crippen molar-refractivity contribution in [3.63, 3.8) is 0 Å². The van der Waals surface area contributed by atoms with Crippen molar-refractivity contribution in [1.29, 1.82) is 0 Å². The molecule has 0 aliphatic carbocycles. The molecule has 0 aromatic carbocycles. The van der Waals surface area contributed by atoms with Gasteiger partial charge in [-0.25, -0.2) is 8.96 Å². The van der Waals surface area contributed by atoms with Crippen molar-refractivity contribution >= 4 is 0 Å². The van der Waals surface area contributed by atoms with E-state index in [1.165, 1.54) is 70.3 Å². The van der Waals surface area contributed by atoms with E-state index in [9.17, 15) is 4.39 Å². The monoisotopic (exact) mass is 280 g/mol. The maximum Gasteiger partial charge on any atom is 0.204 e. The van der Waals surface area contributed by atoms with Gasteiger partial charge in [0.1, 0.15) is 6.54 Å². The van der Waals surface area contributed by atoms with Crippen molar-refractivity contribution < 1.29 is 8.96 Å². The zero-order chi connectivity index (χ0) is 14.5. The second kappa shape index (κ2) is 11.9. The lowest BCUT2D eigenvalue weighted by Gasteiger charge is -2.01. The number of hydrogen-bond acceptors (Lipinski definition) is 0. The van der Waals surface area contributed by atoms with Crippen LogP contribution in [0.3, 0.4) is 0 Å². The van der Waals surface area contributed by atoms with Crippen LogP contribution in [-0.2, 0) is 6.54 Å². The molecule has 0 unspecified atom stereocenters. The van der Waals surface area contributed by atoms with Gasteiger partial charge in [-0.05, 0) is 12.5 Å². The highest BCUT2D eigenvalue weighted by molar-refractivity contribution is 4.87. The first kappa shape index (κ1) is 17.1. The average molecular weight is 280 g/mol. The van der Waals surface area contributed by atoms with Crippen LogP contribution >= 0.6 is 0 Å². The fourth-order valence-corrected chi connectivity index (χ4v) is 2.59. The molecule has 0 aliphatic heterocycles. The van der Waals surface area contributed by atoms with Gasteiger partial charge >= 0.3 is 0 Å². The molecule has 0 bridgehead atoms. The van der Waals surface area contributed by atoms with Gasteiger partial charge in [0.15, 0.2) is 12.0 Å². The largest absolute Gasteiger partial charge is 0.204 e. The summed E-state index contributed by atoms with van der Waals surface area (Å²) in [6, 6.07) is 3.27. The smallest absolute Gasteiger partial charge is 0.203 e. The van der Waals surface area contributed by atoms with Crippen molar-refractivity contribution in [2.24, 2.45) is 0 Å². The van der Waals surface area contributed by atoms with Crippen molar-refractivity contribution in [2.45, 2.75) is 84.1 Å². The highest BCUT2D eigenvalue weighted by Crippen LogP contribution is 2.11. The molecule has 20 heavy (non-hydrogen) atoms. The highest BCUT2D eigenvalue weighted by atomic mass is 19.1. The van der Waals surface area contributed by atoms with Gasteiger partial charge in [0, 0.05) is 12.5 Å². The SMILES string of the molecule is CCCCCCCCCCCCC[n+]1cccc(F)c1. The molecular formula is C18H31FN+. The molecule has 1 heterocycles. The Labute approximate surface area is 124 Å². The van der Waals surface area contributed by atoms with Gasteiger partial charge in [-0.15, -0.1) is 0 Å². The topological polar surface area (TPSA) is 3.88 Å². The van der Waals surface area contributed by atoms with E-state index in [0.717, 1.165) is 13.0 Å². The summed E-state index contributed by atoms with van der Waals surface area (Å²) in [5, 5.41) is 0. The normalized spacial score (nSPS) is 10.9. The Morgan fingerprint density at radius 1 is 0.850 bits per heavy atom. The Morgan fingerprint density at radius 2 is 1.40 bits per heavy atom. The number of halogens is 1. The summed E-state index contributed by atoms with van der Waals surface area (Å²) in [6.07, 6.45) is 18.4. The molecule has 0 amide bonds. The molecule has 1 rings (SSSR count). The van der Waals surface area contributed by atoms with Crippen LogP contribution in [0.2, 0.25) is 0 Å². The molecule has 1 aromatic rings. The molecule has 1 aromatic heterocycles. The minimum atomic E-state index is -0.143. The molecule has 0 N–H and O–H groups in total. The second-order valence-corrected chi connectivity index (χ2v) is 5.80. The summed E-state index contributed by atoms with van der Waals surface area (Å²) in [6.45, 7) is 3.21. The Hall–Kier alpha value is -0.920. The van der Waals surface area contributed by atoms with E-state index in [1.54, 1.807) is 12.3 Å². The lowest BCUT2D eigenvalue weighted by molar-refractivity contribution is -0.698. The average Bonchev–Trinajstić information content (AvgIpc) is 2.45. The standard InChI is InChI=1S/C18H31FN/c1-2-3-4-5-6-7-8-9-10-11-12-15-20-16-13-14-18(19)17-20/h13-14,16-17H,2-12,15H2,1H3/q+1. The molecule has 0 atom stereocenters. The molecule has 0 fully saturated rings. The predicted octanol–water partition coefficient (Wildman–Crippen LogP) is 5.42. The quantitative estimate of drug-likeness (QED) is 0.355. The lowest BCUT2D eigenvalue weighted by atomic mass is 10.1. The van der Waals surface area contributed by atoms with Crippen LogP contribution in [0.4, 0.5) is 4.39 Å². The highest BCUT2D eigenvalue weighted by Gasteiger charge is 2.01. The minimum Gasteiger partial charge on any atom is -0.203 e. The number of unbranched alkanes of at least 4 members (excludes halogenated alkanes) is 10. The number of aryl methyl sites for hydroxylation is 1. The van der Waals surface area contributed by atoms with E-state index in [0.29, 0.717) is 0 Å². The fraction of sp³-hybridized carbons (Fsp3) is 0.722. The van der Waals surface area contributed by atoms with E-state index in [1.807, 2.05) is 10.8 Å². The van der Waals surface area contributed by atoms with Gasteiger partial charge in [0.25, 0.3) is 0 Å². The number of hydrogen-bond donors (Lipinski definition) is 0. The van der Waals surface area contributed by atoms with Crippen LogP contribution in [-0.4, -0.2) is 0 Å². The maximum atomic E-state index is 13.0. The van der Waals surface area contributed by atoms with Crippen molar-refractivity contribution in [3.8, 4) is 0 Å². The van der Waals surface area contributed by atoms with Gasteiger partial charge in [-0.2, -0.15) is 0 Å². The zero-order valence-corrected chi connectivity index (χ0v) is 13.1. The van der Waals surface area contributed by atoms with E-state index in [2.05, 4.69) is 6.92 Å². The molecular weight excluding hydrogens is 249 g/mol. The first-order chi connectivity index (χ1) is 9.83. The van der Waals surface area contributed by atoms with Crippen molar-refractivity contribution in [3.05, 3.63) is 30.3 Å². The molecule has 0 radical (unpaired) electrons. The van der Waals surface area contributed by atoms with Crippen LogP contribution in [0.25, 0.3) is 0 Å². The summed E-state index contributed by atoms with van der Waals surface area (Å²) in [4.78, 5) is 0. The molecule has 2 heteroatoms. The summed E-state index contributed by atoms with van der Waals surface area (Å²) >= 11 is 0. The predicted molar refractivity (Wildman–Crippen MR) is 83.1 cm³/mol. The fourth-order valence-electron chi connectivity index (χ4n) is 2.59. The third-order valence-electron chi connectivity index (χ3n) is 3.84. The Morgan fingerprint density at radius 3 is 1.95 bits per heavy atom. The van der Waals surface area contributed by atoms with Gasteiger partial charge in [0.05, 0.1) is 0 Å². The molecule has 0 aliphatic rings. The van der Waals surface area contributed by atoms with E-state index >= 15 is 0 Å². The summed E-state index contributed by atoms with van der Waals surface area (Å²) in [7, 11) is 0. The molecule has 114 valence electrons. The summed E-state index contributed by atoms with van der Waals surface area (Å²) in [5.74, 6) is -0.143. The van der Waals surface area contributed by atoms with Gasteiger partial charge in [-0.1, -0.05) is 64.7 Å². The molecule has 0 saturated carbocycles. The van der Waals surface area contributed by atoms with E-state index in [-0.39, 0.29) is 5.82 Å². The minimum absolute atomic E-state index is 0.143. The van der Waals surface area contributed by atoms with Crippen LogP contribution < -0.4 is 4.57 Å². The van der Waals surface area contributed by atoms with Crippen LogP contribution in [0.5, 0.6) is 0 Å². The number of aromatic nitrogens is 1. The maximum absolute atomic E-state index is 13.0. The van der Waals surface area contributed by atoms with Gasteiger partial charge in [0.2, 0.25) is 6.20 Å². The molecule has 0 spiro atoms. The molecule has 1 nitrogen and oxygen atoms in total. The van der Waals surface area contributed by atoms with Crippen molar-refractivity contribution in [2.75, 3.05) is 0 Å². The number of pyridine rings is 1. The molecule has 0 saturated heterocycles.